The van der Waals surface area contributed by atoms with Crippen molar-refractivity contribution in [2.75, 3.05) is 11.9 Å². The number of fused-ring (bicyclic) bond motifs is 1. The van der Waals surface area contributed by atoms with Gasteiger partial charge in [-0.1, -0.05) is 24.3 Å². The number of anilines is 1. The molecule has 0 atom stereocenters. The Morgan fingerprint density at radius 1 is 1.15 bits per heavy atom. The zero-order chi connectivity index (χ0) is 13.9. The van der Waals surface area contributed by atoms with E-state index in [0.29, 0.717) is 17.8 Å². The van der Waals surface area contributed by atoms with E-state index in [-0.39, 0.29) is 11.7 Å². The van der Waals surface area contributed by atoms with Crippen molar-refractivity contribution < 1.29 is 9.90 Å². The van der Waals surface area contributed by atoms with Gasteiger partial charge in [-0.15, -0.1) is 0 Å². The van der Waals surface area contributed by atoms with Gasteiger partial charge in [0.05, 0.1) is 5.69 Å². The second kappa shape index (κ2) is 5.35. The van der Waals surface area contributed by atoms with Gasteiger partial charge < -0.3 is 15.7 Å². The zero-order valence-corrected chi connectivity index (χ0v) is 11.0. The van der Waals surface area contributed by atoms with Gasteiger partial charge in [0, 0.05) is 12.1 Å². The summed E-state index contributed by atoms with van der Waals surface area (Å²) in [5, 5.41) is 15.8. The van der Waals surface area contributed by atoms with Crippen LogP contribution in [0.3, 0.4) is 0 Å². The lowest BCUT2D eigenvalue weighted by Gasteiger charge is -2.20. The number of para-hydroxylation sites is 2. The highest BCUT2D eigenvalue weighted by Crippen LogP contribution is 2.24. The molecule has 4 nitrogen and oxygen atoms in total. The molecule has 20 heavy (non-hydrogen) atoms. The van der Waals surface area contributed by atoms with E-state index in [1.165, 1.54) is 5.56 Å². The second-order valence-electron chi connectivity index (χ2n) is 4.84. The molecule has 2 aromatic carbocycles. The molecule has 1 aliphatic rings. The molecule has 1 aliphatic heterocycles. The Bertz CT molecular complexity index is 653. The Kier molecular flexibility index (Phi) is 3.39. The monoisotopic (exact) mass is 268 g/mol. The van der Waals surface area contributed by atoms with Crippen LogP contribution in [0.25, 0.3) is 0 Å². The first-order chi connectivity index (χ1) is 9.75. The summed E-state index contributed by atoms with van der Waals surface area (Å²) < 4.78 is 0. The highest BCUT2D eigenvalue weighted by atomic mass is 16.3. The van der Waals surface area contributed by atoms with Gasteiger partial charge in [-0.25, -0.2) is 0 Å². The van der Waals surface area contributed by atoms with E-state index in [0.717, 1.165) is 18.5 Å². The molecule has 0 aliphatic carbocycles. The van der Waals surface area contributed by atoms with Gasteiger partial charge >= 0.3 is 0 Å². The van der Waals surface area contributed by atoms with Gasteiger partial charge in [-0.05, 0) is 42.3 Å². The highest BCUT2D eigenvalue weighted by Gasteiger charge is 2.17. The van der Waals surface area contributed by atoms with Crippen molar-refractivity contribution in [1.82, 2.24) is 5.32 Å². The minimum Gasteiger partial charge on any atom is -0.506 e. The van der Waals surface area contributed by atoms with Gasteiger partial charge in [-0.2, -0.15) is 0 Å². The lowest BCUT2D eigenvalue weighted by molar-refractivity contribution is 0.102. The molecule has 3 N–H and O–H groups in total. The summed E-state index contributed by atoms with van der Waals surface area (Å²) in [6, 6.07) is 12.5. The zero-order valence-electron chi connectivity index (χ0n) is 11.0. The summed E-state index contributed by atoms with van der Waals surface area (Å²) in [5.41, 5.74) is 3.36. The summed E-state index contributed by atoms with van der Waals surface area (Å²) in [6.07, 6.45) is 0.938. The van der Waals surface area contributed by atoms with E-state index >= 15 is 0 Å². The van der Waals surface area contributed by atoms with Crippen LogP contribution >= 0.6 is 0 Å². The Hall–Kier alpha value is -2.33. The Morgan fingerprint density at radius 3 is 2.85 bits per heavy atom. The number of rotatable bonds is 2. The average molecular weight is 268 g/mol. The van der Waals surface area contributed by atoms with E-state index in [9.17, 15) is 9.90 Å². The predicted molar refractivity (Wildman–Crippen MR) is 77.9 cm³/mol. The minimum atomic E-state index is -0.188. The summed E-state index contributed by atoms with van der Waals surface area (Å²) in [7, 11) is 0. The third-order valence-corrected chi connectivity index (χ3v) is 3.54. The maximum absolute atomic E-state index is 12.4. The lowest BCUT2D eigenvalue weighted by atomic mass is 9.95. The molecule has 0 radical (unpaired) electrons. The number of carbonyl (C=O) groups excluding carboxylic acids is 1. The van der Waals surface area contributed by atoms with Crippen LogP contribution in [0.2, 0.25) is 0 Å². The van der Waals surface area contributed by atoms with E-state index in [1.807, 2.05) is 12.1 Å². The van der Waals surface area contributed by atoms with E-state index in [2.05, 4.69) is 16.7 Å². The molecule has 1 heterocycles. The fourth-order valence-corrected chi connectivity index (χ4v) is 2.50. The van der Waals surface area contributed by atoms with E-state index < -0.39 is 0 Å². The predicted octanol–water partition coefficient (Wildman–Crippen LogP) is 2.29. The number of nitrogens with one attached hydrogen (secondary N) is 2. The molecule has 0 fully saturated rings. The molecule has 102 valence electrons. The van der Waals surface area contributed by atoms with Gasteiger partial charge in [0.25, 0.3) is 5.91 Å². The van der Waals surface area contributed by atoms with Crippen molar-refractivity contribution in [3.8, 4) is 5.75 Å². The fraction of sp³-hybridized carbons (Fsp3) is 0.188. The minimum absolute atomic E-state index is 0.0729. The molecule has 1 amide bonds. The van der Waals surface area contributed by atoms with Crippen molar-refractivity contribution >= 4 is 11.6 Å². The Labute approximate surface area is 117 Å². The van der Waals surface area contributed by atoms with Crippen LogP contribution in [-0.4, -0.2) is 17.6 Å². The third-order valence-electron chi connectivity index (χ3n) is 3.54. The largest absolute Gasteiger partial charge is 0.506 e. The summed E-state index contributed by atoms with van der Waals surface area (Å²) >= 11 is 0. The van der Waals surface area contributed by atoms with Crippen LogP contribution in [0.5, 0.6) is 5.75 Å². The molecule has 4 heteroatoms. The normalized spacial score (nSPS) is 13.6. The van der Waals surface area contributed by atoms with Crippen LogP contribution in [0.15, 0.2) is 42.5 Å². The first-order valence-corrected chi connectivity index (χ1v) is 6.66. The average Bonchev–Trinajstić information content (AvgIpc) is 2.49. The molecule has 3 rings (SSSR count). The number of hydrogen-bond acceptors (Lipinski definition) is 3. The lowest BCUT2D eigenvalue weighted by Crippen LogP contribution is -2.27. The number of phenols is 1. The van der Waals surface area contributed by atoms with Crippen molar-refractivity contribution in [2.45, 2.75) is 13.0 Å². The number of carbonyl (C=O) groups is 1. The number of phenolic OH excluding ortho intramolecular Hbond substituents is 1. The van der Waals surface area contributed by atoms with Crippen molar-refractivity contribution in [3.05, 3.63) is 59.2 Å². The first kappa shape index (κ1) is 12.7. The maximum atomic E-state index is 12.4. The number of amides is 1. The Balaban J connectivity index is 1.90. The quantitative estimate of drug-likeness (QED) is 0.732. The molecular formula is C16H16N2O2. The fourth-order valence-electron chi connectivity index (χ4n) is 2.50. The van der Waals surface area contributed by atoms with Gasteiger partial charge in [0.2, 0.25) is 0 Å². The molecular weight excluding hydrogens is 252 g/mol. The first-order valence-electron chi connectivity index (χ1n) is 6.66. The maximum Gasteiger partial charge on any atom is 0.256 e. The molecule has 0 saturated heterocycles. The summed E-state index contributed by atoms with van der Waals surface area (Å²) in [5.74, 6) is -0.115. The molecule has 0 spiro atoms. The van der Waals surface area contributed by atoms with Crippen LogP contribution in [0.1, 0.15) is 21.5 Å². The van der Waals surface area contributed by atoms with Gasteiger partial charge in [0.15, 0.2) is 0 Å². The second-order valence-corrected chi connectivity index (χ2v) is 4.84. The van der Waals surface area contributed by atoms with Gasteiger partial charge in [-0.3, -0.25) is 4.79 Å². The molecule has 0 aromatic heterocycles. The van der Waals surface area contributed by atoms with Crippen molar-refractivity contribution in [3.63, 3.8) is 0 Å². The Morgan fingerprint density at radius 2 is 2.00 bits per heavy atom. The molecule has 0 saturated carbocycles. The third kappa shape index (κ3) is 2.38. The van der Waals surface area contributed by atoms with Gasteiger partial charge in [0.1, 0.15) is 5.75 Å². The van der Waals surface area contributed by atoms with E-state index in [1.54, 1.807) is 24.3 Å². The van der Waals surface area contributed by atoms with Crippen molar-refractivity contribution in [1.29, 1.82) is 0 Å². The van der Waals surface area contributed by atoms with Crippen LogP contribution in [0, 0.1) is 0 Å². The van der Waals surface area contributed by atoms with Crippen molar-refractivity contribution in [2.24, 2.45) is 0 Å². The number of benzene rings is 2. The molecule has 0 unspecified atom stereocenters. The van der Waals surface area contributed by atoms with Crippen LogP contribution in [-0.2, 0) is 13.0 Å². The smallest absolute Gasteiger partial charge is 0.256 e. The highest BCUT2D eigenvalue weighted by molar-refractivity contribution is 6.06. The molecule has 0 bridgehead atoms. The number of aromatic hydroxyl groups is 1. The summed E-state index contributed by atoms with van der Waals surface area (Å²) in [4.78, 5) is 12.4. The van der Waals surface area contributed by atoms with Crippen LogP contribution in [0.4, 0.5) is 5.69 Å². The SMILES string of the molecule is O=C(Nc1ccccc1O)c1cccc2c1CNCC2. The van der Waals surface area contributed by atoms with E-state index in [4.69, 9.17) is 0 Å². The molecule has 2 aromatic rings. The standard InChI is InChI=1S/C16H16N2O2/c19-15-7-2-1-6-14(15)18-16(20)12-5-3-4-11-8-9-17-10-13(11)12/h1-7,17,19H,8-10H2,(H,18,20). The topological polar surface area (TPSA) is 61.4 Å². The number of hydrogen-bond donors (Lipinski definition) is 3. The summed E-state index contributed by atoms with van der Waals surface area (Å²) in [6.45, 7) is 1.65. The van der Waals surface area contributed by atoms with Crippen LogP contribution < -0.4 is 10.6 Å².